The van der Waals surface area contributed by atoms with Crippen LogP contribution in [-0.2, 0) is 13.7 Å². The van der Waals surface area contributed by atoms with Crippen LogP contribution in [0.3, 0.4) is 0 Å². The molecule has 0 N–H and O–H groups in total. The first-order chi connectivity index (χ1) is 3.35. The first kappa shape index (κ1) is 3220. The molecule has 0 bridgehead atoms. The van der Waals surface area contributed by atoms with Crippen LogP contribution in [0.4, 0.5) is 0 Å². The molecule has 12 heteroatoms. The summed E-state index contributed by atoms with van der Waals surface area (Å²) >= 11 is 0. The molecule has 0 saturated carbocycles. The van der Waals surface area contributed by atoms with Crippen LogP contribution in [0.2, 0.25) is 0 Å². The van der Waals surface area contributed by atoms with Crippen molar-refractivity contribution in [3.05, 3.63) is 5.14 Å². The third-order valence-electron chi connectivity index (χ3n) is 0.245. The largest absolute Gasteiger partial charge is 0.312 e. The van der Waals surface area contributed by atoms with Gasteiger partial charge in [-0.15, -0.1) is 0 Å². The second kappa shape index (κ2) is 1970. The van der Waals surface area contributed by atoms with Gasteiger partial charge in [-0.25, -0.2) is 0 Å². The molecular formula is CO3P3Rf6-. The first-order valence-electron chi connectivity index (χ1n) is 1.22. The Bertz CT molecular complexity index is 84.1. The van der Waals surface area contributed by atoms with Crippen LogP contribution >= 0.6 is 25.4 Å². The van der Waals surface area contributed by atoms with Gasteiger partial charge >= 0.3 is 0 Å². The molecule has 3 nitrogen and oxygen atoms in total. The zero-order chi connectivity index (χ0) is 5.70. The van der Waals surface area contributed by atoms with Crippen LogP contribution < -0.4 is 0 Å². The van der Waals surface area contributed by atoms with Crippen molar-refractivity contribution in [3.63, 3.8) is 0 Å². The maximum Gasteiger partial charge on any atom is 0 e. The van der Waals surface area contributed by atoms with E-state index < -0.39 is 25.4 Å². The van der Waals surface area contributed by atoms with Crippen LogP contribution in [0, 0.1) is 5.14 Å². The summed E-state index contributed by atoms with van der Waals surface area (Å²) in [6.45, 7) is 0. The summed E-state index contributed by atoms with van der Waals surface area (Å²) in [5.74, 6) is 0. The molecule has 0 aliphatic heterocycles. The monoisotopic (exact) mass is 1760 g/mol. The van der Waals surface area contributed by atoms with Gasteiger partial charge in [0, 0.05) is 0 Å². The fraction of sp³-hybridized carbons (Fsp3) is 0. The Morgan fingerprint density at radius 1 is 0.538 bits per heavy atom. The second-order valence-electron chi connectivity index (χ2n) is 0.574. The van der Waals surface area contributed by atoms with Crippen molar-refractivity contribution in [2.75, 3.05) is 0 Å². The minimum absolute atomic E-state index is 0. The third-order valence-corrected chi connectivity index (χ3v) is 2.20. The van der Waals surface area contributed by atoms with Gasteiger partial charge in [-0.3, -0.25) is 0 Å². The SMILES string of the molecule is O=P[C-](P=O)P=O.[Rf].[Rf].[Rf].[Rf].[Rf].[Rf]. The fourth-order valence-corrected chi connectivity index (χ4v) is 0.450. The molecular weight excluding hydrogens is 1750 g/mol. The summed E-state index contributed by atoms with van der Waals surface area (Å²) in [7, 11) is -1.27. The summed E-state index contributed by atoms with van der Waals surface area (Å²) in [4.78, 5) is 0. The van der Waals surface area contributed by atoms with Crippen LogP contribution in [0.25, 0.3) is 0 Å². The Kier molecular flexibility index (Phi) is 487000. The molecule has 0 aromatic rings. The van der Waals surface area contributed by atoms with Crippen molar-refractivity contribution in [3.8, 4) is 0 Å². The summed E-state index contributed by atoms with van der Waals surface area (Å²) in [6.07, 6.45) is 0. The molecule has 0 fully saturated rings. The molecule has 0 aromatic heterocycles. The normalized spacial score (nSPS) is 6.23. The Morgan fingerprint density at radius 2 is 0.692 bits per heavy atom. The van der Waals surface area contributed by atoms with Gasteiger partial charge in [0.2, 0.25) is 0 Å². The minimum atomic E-state index is -0.424. The van der Waals surface area contributed by atoms with Gasteiger partial charge in [0.15, 0.2) is 0 Å². The zero-order valence-corrected chi connectivity index (χ0v) is 48.4. The molecule has 0 saturated heterocycles. The molecule has 0 unspecified atom stereocenters. The van der Waals surface area contributed by atoms with Gasteiger partial charge in [-0.2, -0.15) is 0 Å². The predicted molar refractivity (Wildman–Crippen MR) is 26.1 cm³/mol. The second-order valence-corrected chi connectivity index (χ2v) is 3.52. The minimum Gasteiger partial charge on any atom is -0.312 e. The van der Waals surface area contributed by atoms with E-state index in [0.29, 0.717) is 0 Å². The fourth-order valence-electron chi connectivity index (χ4n) is 0.0500. The molecule has 0 aliphatic rings. The van der Waals surface area contributed by atoms with E-state index in [-0.39, 0.29) is 5.14 Å². The van der Waals surface area contributed by atoms with Crippen molar-refractivity contribution in [2.45, 2.75) is 0 Å². The van der Waals surface area contributed by atoms with Crippen LogP contribution in [0.15, 0.2) is 0 Å². The van der Waals surface area contributed by atoms with Gasteiger partial charge in [0.25, 0.3) is 0 Å². The molecule has 0 aromatic carbocycles. The van der Waals surface area contributed by atoms with E-state index in [1.807, 2.05) is 0 Å². The van der Waals surface area contributed by atoms with Crippen molar-refractivity contribution >= 4 is 25.4 Å². The molecule has 0 spiro atoms. The van der Waals surface area contributed by atoms with E-state index in [4.69, 9.17) is 0 Å². The van der Waals surface area contributed by atoms with E-state index in [1.165, 1.54) is 0 Å². The Labute approximate surface area is 45.1 Å². The average Bonchev–Trinajstić information content (AvgIpc) is 1.72. The van der Waals surface area contributed by atoms with Gasteiger partial charge < -0.3 is 13.7 Å². The maximum absolute atomic E-state index is 9.61. The van der Waals surface area contributed by atoms with Crippen LogP contribution in [0.5, 0.6) is 0 Å². The van der Waals surface area contributed by atoms with E-state index in [0.717, 1.165) is 0 Å². The van der Waals surface area contributed by atoms with Gasteiger partial charge in [-0.1, -0.05) is 0 Å². The van der Waals surface area contributed by atoms with Crippen molar-refractivity contribution in [2.24, 2.45) is 0 Å². The van der Waals surface area contributed by atoms with E-state index in [9.17, 15) is 13.7 Å². The Hall–Kier alpha value is -5.70. The Balaban J connectivity index is -0.0000000120. The van der Waals surface area contributed by atoms with Crippen molar-refractivity contribution < 1.29 is 13.7 Å². The molecule has 0 aliphatic carbocycles. The van der Waals surface area contributed by atoms with Crippen LogP contribution in [-0.4, -0.2) is 0 Å². The standard InChI is InChI=1S/CO3P3.6Rf/c2-5-1(6-3)7-4;;;;;;/q-1;;;;;;. The molecule has 50 valence electrons. The third kappa shape index (κ3) is 1290. The van der Waals surface area contributed by atoms with E-state index >= 15 is 0 Å². The smallest absolute Gasteiger partial charge is 0 e. The molecule has 0 amide bonds. The number of hydrogen-bond acceptors (Lipinski definition) is 3. The summed E-state index contributed by atoms with van der Waals surface area (Å²) in [5.41, 5.74) is 0. The molecule has 13 heavy (non-hydrogen) atoms. The van der Waals surface area contributed by atoms with Crippen LogP contribution in [0.1, 0.15) is 0 Å². The van der Waals surface area contributed by atoms with Crippen molar-refractivity contribution in [1.29, 1.82) is 0 Å². The van der Waals surface area contributed by atoms with Gasteiger partial charge in [0.05, 0.1) is 0 Å². The molecule has 0 heterocycles. The number of hydrogen-bond donors (Lipinski definition) is 0. The molecule has 0 rings (SSSR count). The van der Waals surface area contributed by atoms with Gasteiger partial charge in [0.1, 0.15) is 0 Å². The summed E-state index contributed by atoms with van der Waals surface area (Å²) in [6, 6.07) is 0. The molecule has 0 atom stereocenters. The predicted octanol–water partition coefficient (Wildman–Crippen LogP) is 2.31. The number of rotatable bonds is 3. The maximum atomic E-state index is 9.61. The van der Waals surface area contributed by atoms with E-state index in [1.54, 1.807) is 0 Å². The quantitative estimate of drug-likeness (QED) is 0.323. The average molecular weight is 1750 g/mol. The van der Waals surface area contributed by atoms with Gasteiger partial charge in [-0.05, 0) is 30.5 Å². The first-order valence-corrected chi connectivity index (χ1v) is 3.66. The zero-order valence-electron chi connectivity index (χ0n) is 7.31. The topological polar surface area (TPSA) is 51.2 Å². The van der Waals surface area contributed by atoms with Crippen molar-refractivity contribution in [1.82, 2.24) is 0 Å². The molecule has 0 radical (unpaired) electrons. The van der Waals surface area contributed by atoms with E-state index in [2.05, 4.69) is 0 Å². The summed E-state index contributed by atoms with van der Waals surface area (Å²) in [5, 5.41) is -0.0694. The summed E-state index contributed by atoms with van der Waals surface area (Å²) < 4.78 is 28.8. The Morgan fingerprint density at radius 3 is 0.692 bits per heavy atom.